The second-order valence-electron chi connectivity index (χ2n) is 6.15. The quantitative estimate of drug-likeness (QED) is 0.354. The third-order valence-electron chi connectivity index (χ3n) is 4.11. The van der Waals surface area contributed by atoms with Gasteiger partial charge in [-0.3, -0.25) is 4.68 Å². The lowest BCUT2D eigenvalue weighted by Gasteiger charge is -2.14. The number of aliphatic imine (C=N–C) groups is 1. The highest BCUT2D eigenvalue weighted by Crippen LogP contribution is 2.09. The van der Waals surface area contributed by atoms with E-state index in [9.17, 15) is 0 Å². The average Bonchev–Trinajstić information content (AvgIpc) is 3.02. The Morgan fingerprint density at radius 1 is 1.19 bits per heavy atom. The summed E-state index contributed by atoms with van der Waals surface area (Å²) in [6.45, 7) is 8.44. The van der Waals surface area contributed by atoms with Gasteiger partial charge in [-0.1, -0.05) is 31.2 Å². The Morgan fingerprint density at radius 2 is 1.96 bits per heavy atom. The number of aromatic nitrogens is 2. The summed E-state index contributed by atoms with van der Waals surface area (Å²) < 4.78 is 1.87. The van der Waals surface area contributed by atoms with Gasteiger partial charge in [0.05, 0.1) is 18.8 Å². The minimum Gasteiger partial charge on any atom is -0.357 e. The van der Waals surface area contributed by atoms with Crippen molar-refractivity contribution < 1.29 is 0 Å². The van der Waals surface area contributed by atoms with Crippen LogP contribution in [0.25, 0.3) is 0 Å². The van der Waals surface area contributed by atoms with E-state index in [0.717, 1.165) is 31.3 Å². The van der Waals surface area contributed by atoms with E-state index >= 15 is 0 Å². The number of hydrogen-bond acceptors (Lipinski definition) is 3. The van der Waals surface area contributed by atoms with Crippen LogP contribution in [0.1, 0.15) is 30.7 Å². The molecule has 2 aromatic rings. The van der Waals surface area contributed by atoms with Crippen molar-refractivity contribution in [1.29, 1.82) is 0 Å². The van der Waals surface area contributed by atoms with Gasteiger partial charge in [-0.15, -0.1) is 24.0 Å². The molecule has 0 fully saturated rings. The summed E-state index contributed by atoms with van der Waals surface area (Å²) in [6, 6.07) is 10.7. The Balaban J connectivity index is 0.00000338. The molecule has 0 spiro atoms. The maximum atomic E-state index is 4.70. The van der Waals surface area contributed by atoms with Crippen LogP contribution in [0.3, 0.4) is 0 Å². The molecule has 2 rings (SSSR count). The summed E-state index contributed by atoms with van der Waals surface area (Å²) in [5.74, 6) is 0.819. The molecule has 26 heavy (non-hydrogen) atoms. The highest BCUT2D eigenvalue weighted by atomic mass is 127. The van der Waals surface area contributed by atoms with Gasteiger partial charge in [-0.05, 0) is 37.7 Å². The number of nitrogens with one attached hydrogen (secondary N) is 2. The minimum atomic E-state index is 0. The van der Waals surface area contributed by atoms with E-state index in [-0.39, 0.29) is 24.0 Å². The molecule has 6 nitrogen and oxygen atoms in total. The first-order valence-electron chi connectivity index (χ1n) is 8.87. The van der Waals surface area contributed by atoms with Crippen LogP contribution in [-0.2, 0) is 26.7 Å². The first-order valence-corrected chi connectivity index (χ1v) is 8.87. The molecule has 0 unspecified atom stereocenters. The zero-order chi connectivity index (χ0) is 18.1. The van der Waals surface area contributed by atoms with Gasteiger partial charge in [0.25, 0.3) is 0 Å². The van der Waals surface area contributed by atoms with E-state index in [0.29, 0.717) is 13.1 Å². The van der Waals surface area contributed by atoms with Gasteiger partial charge >= 0.3 is 0 Å². The van der Waals surface area contributed by atoms with Crippen LogP contribution < -0.4 is 10.6 Å². The third-order valence-corrected chi connectivity index (χ3v) is 4.11. The molecule has 7 heteroatoms. The summed E-state index contributed by atoms with van der Waals surface area (Å²) in [4.78, 5) is 7.00. The molecular formula is C19H31IN6. The number of guanidine groups is 1. The van der Waals surface area contributed by atoms with Gasteiger partial charge in [0.15, 0.2) is 5.96 Å². The highest BCUT2D eigenvalue weighted by molar-refractivity contribution is 14.0. The van der Waals surface area contributed by atoms with Crippen LogP contribution in [0.15, 0.2) is 41.5 Å². The molecule has 1 aromatic heterocycles. The number of hydrogen-bond donors (Lipinski definition) is 2. The number of rotatable bonds is 8. The number of nitrogens with zero attached hydrogens (tertiary/aromatic N) is 4. The Morgan fingerprint density at radius 3 is 2.62 bits per heavy atom. The molecule has 0 aliphatic carbocycles. The van der Waals surface area contributed by atoms with Crippen molar-refractivity contribution in [3.63, 3.8) is 0 Å². The summed E-state index contributed by atoms with van der Waals surface area (Å²) in [5.41, 5.74) is 3.67. The van der Waals surface area contributed by atoms with Crippen LogP contribution in [0.2, 0.25) is 0 Å². The summed E-state index contributed by atoms with van der Waals surface area (Å²) >= 11 is 0. The lowest BCUT2D eigenvalue weighted by atomic mass is 10.1. The van der Waals surface area contributed by atoms with E-state index < -0.39 is 0 Å². The van der Waals surface area contributed by atoms with Gasteiger partial charge in [0, 0.05) is 26.3 Å². The molecule has 1 aromatic carbocycles. The molecule has 0 aliphatic heterocycles. The normalized spacial score (nSPS) is 11.3. The standard InChI is InChI=1S/C19H30N6.HI/c1-5-20-19(22-14-18-10-11-23-25(18)4)21-13-16-8-7-9-17(12-16)15-24(3)6-2;/h7-12H,5-6,13-15H2,1-4H3,(H2,20,21,22);1H. The van der Waals surface area contributed by atoms with Crippen molar-refractivity contribution in [1.82, 2.24) is 25.3 Å². The molecule has 0 atom stereocenters. The Bertz CT molecular complexity index is 682. The number of halogens is 1. The molecule has 0 saturated carbocycles. The molecule has 1 heterocycles. The van der Waals surface area contributed by atoms with E-state index in [2.05, 4.69) is 65.8 Å². The van der Waals surface area contributed by atoms with E-state index in [4.69, 9.17) is 4.99 Å². The third kappa shape index (κ3) is 7.33. The summed E-state index contributed by atoms with van der Waals surface area (Å²) in [6.07, 6.45) is 1.81. The fourth-order valence-electron chi connectivity index (χ4n) is 2.51. The predicted molar refractivity (Wildman–Crippen MR) is 119 cm³/mol. The van der Waals surface area contributed by atoms with E-state index in [1.807, 2.05) is 17.8 Å². The monoisotopic (exact) mass is 470 g/mol. The van der Waals surface area contributed by atoms with Crippen molar-refractivity contribution >= 4 is 29.9 Å². The molecule has 144 valence electrons. The van der Waals surface area contributed by atoms with E-state index in [1.165, 1.54) is 11.1 Å². The number of benzene rings is 1. The fourth-order valence-corrected chi connectivity index (χ4v) is 2.51. The van der Waals surface area contributed by atoms with Crippen molar-refractivity contribution in [2.24, 2.45) is 12.0 Å². The Labute approximate surface area is 174 Å². The van der Waals surface area contributed by atoms with Crippen molar-refractivity contribution in [3.05, 3.63) is 53.3 Å². The van der Waals surface area contributed by atoms with Crippen LogP contribution >= 0.6 is 24.0 Å². The smallest absolute Gasteiger partial charge is 0.191 e. The van der Waals surface area contributed by atoms with Crippen LogP contribution in [0.5, 0.6) is 0 Å². The maximum Gasteiger partial charge on any atom is 0.191 e. The van der Waals surface area contributed by atoms with Crippen molar-refractivity contribution in [2.75, 3.05) is 20.1 Å². The van der Waals surface area contributed by atoms with Crippen LogP contribution in [-0.4, -0.2) is 40.8 Å². The van der Waals surface area contributed by atoms with Gasteiger partial charge < -0.3 is 15.5 Å². The molecular weight excluding hydrogens is 439 g/mol. The molecule has 0 amide bonds. The van der Waals surface area contributed by atoms with Gasteiger partial charge in [0.1, 0.15) is 0 Å². The predicted octanol–water partition coefficient (Wildman–Crippen LogP) is 2.75. The summed E-state index contributed by atoms with van der Waals surface area (Å²) in [7, 11) is 4.08. The lowest BCUT2D eigenvalue weighted by Crippen LogP contribution is -2.37. The van der Waals surface area contributed by atoms with Crippen LogP contribution in [0, 0.1) is 0 Å². The Hall–Kier alpha value is -1.61. The first-order chi connectivity index (χ1) is 12.1. The SMILES string of the molecule is CCNC(=NCc1cccc(CN(C)CC)c1)NCc1ccnn1C.I. The fraction of sp³-hybridized carbons (Fsp3) is 0.474. The summed E-state index contributed by atoms with van der Waals surface area (Å²) in [5, 5.41) is 10.8. The topological polar surface area (TPSA) is 57.5 Å². The van der Waals surface area contributed by atoms with Crippen molar-refractivity contribution in [3.8, 4) is 0 Å². The second-order valence-corrected chi connectivity index (χ2v) is 6.15. The van der Waals surface area contributed by atoms with Crippen LogP contribution in [0.4, 0.5) is 0 Å². The van der Waals surface area contributed by atoms with Gasteiger partial charge in [-0.25, -0.2) is 4.99 Å². The molecule has 0 radical (unpaired) electrons. The minimum absolute atomic E-state index is 0. The maximum absolute atomic E-state index is 4.70. The van der Waals surface area contributed by atoms with Crippen molar-refractivity contribution in [2.45, 2.75) is 33.5 Å². The Kier molecular flexibility index (Phi) is 10.3. The van der Waals surface area contributed by atoms with Gasteiger partial charge in [-0.2, -0.15) is 5.10 Å². The number of aryl methyl sites for hydroxylation is 1. The molecule has 0 bridgehead atoms. The first kappa shape index (κ1) is 22.4. The lowest BCUT2D eigenvalue weighted by molar-refractivity contribution is 0.345. The molecule has 0 saturated heterocycles. The van der Waals surface area contributed by atoms with Gasteiger partial charge in [0.2, 0.25) is 0 Å². The van der Waals surface area contributed by atoms with E-state index in [1.54, 1.807) is 6.20 Å². The highest BCUT2D eigenvalue weighted by Gasteiger charge is 2.03. The largest absolute Gasteiger partial charge is 0.357 e. The molecule has 2 N–H and O–H groups in total. The zero-order valence-electron chi connectivity index (χ0n) is 16.2. The molecule has 0 aliphatic rings. The second kappa shape index (κ2) is 11.9. The zero-order valence-corrected chi connectivity index (χ0v) is 18.5. The average molecular weight is 470 g/mol.